The standard InChI is InChI=1S/C18H20N6OS/c1-3-13-6-4-5-12(2)16(13)21-15(25)11-26-18-23-22-17(24(18)19)14-7-9-20-10-8-14/h4-10H,3,11,19H2,1-2H3,(H,21,25). The van der Waals surface area contributed by atoms with E-state index in [1.165, 1.54) is 16.4 Å². The van der Waals surface area contributed by atoms with Crippen molar-refractivity contribution in [2.45, 2.75) is 25.4 Å². The highest BCUT2D eigenvalue weighted by atomic mass is 32.2. The molecule has 0 atom stereocenters. The van der Waals surface area contributed by atoms with Crippen LogP contribution in [0, 0.1) is 6.92 Å². The first-order chi connectivity index (χ1) is 12.6. The van der Waals surface area contributed by atoms with Gasteiger partial charge in [0.1, 0.15) is 0 Å². The summed E-state index contributed by atoms with van der Waals surface area (Å²) < 4.78 is 1.39. The van der Waals surface area contributed by atoms with Gasteiger partial charge in [-0.25, -0.2) is 4.68 Å². The second-order valence-corrected chi connectivity index (χ2v) is 6.65. The average Bonchev–Trinajstić information content (AvgIpc) is 3.03. The van der Waals surface area contributed by atoms with Crippen molar-refractivity contribution in [1.82, 2.24) is 19.9 Å². The molecule has 0 bridgehead atoms. The Balaban J connectivity index is 1.67. The number of aryl methyl sites for hydroxylation is 2. The van der Waals surface area contributed by atoms with E-state index in [0.717, 1.165) is 28.8 Å². The summed E-state index contributed by atoms with van der Waals surface area (Å²) in [4.78, 5) is 16.3. The number of nitrogens with zero attached hydrogens (tertiary/aromatic N) is 4. The van der Waals surface area contributed by atoms with Crippen LogP contribution in [-0.4, -0.2) is 31.5 Å². The van der Waals surface area contributed by atoms with E-state index >= 15 is 0 Å². The van der Waals surface area contributed by atoms with Gasteiger partial charge in [0.25, 0.3) is 0 Å². The zero-order chi connectivity index (χ0) is 18.5. The van der Waals surface area contributed by atoms with Crippen LogP contribution in [0.1, 0.15) is 18.1 Å². The van der Waals surface area contributed by atoms with Gasteiger partial charge >= 0.3 is 0 Å². The largest absolute Gasteiger partial charge is 0.335 e. The summed E-state index contributed by atoms with van der Waals surface area (Å²) in [6.07, 6.45) is 4.19. The third kappa shape index (κ3) is 3.85. The Morgan fingerprint density at radius 1 is 1.23 bits per heavy atom. The molecule has 2 aromatic heterocycles. The lowest BCUT2D eigenvalue weighted by molar-refractivity contribution is -0.113. The number of anilines is 1. The van der Waals surface area contributed by atoms with E-state index in [2.05, 4.69) is 27.4 Å². The van der Waals surface area contributed by atoms with E-state index in [4.69, 9.17) is 5.84 Å². The molecule has 3 rings (SSSR count). The molecule has 0 unspecified atom stereocenters. The molecule has 0 aliphatic rings. The molecule has 1 aromatic carbocycles. The topological polar surface area (TPSA) is 98.7 Å². The molecule has 3 aromatic rings. The minimum absolute atomic E-state index is 0.104. The number of carbonyl (C=O) groups excluding carboxylic acids is 1. The van der Waals surface area contributed by atoms with E-state index in [1.807, 2.05) is 25.1 Å². The number of pyridine rings is 1. The Kier molecular flexibility index (Phi) is 5.52. The molecule has 0 saturated carbocycles. The second-order valence-electron chi connectivity index (χ2n) is 5.71. The molecule has 0 fully saturated rings. The maximum absolute atomic E-state index is 12.4. The molecule has 7 nitrogen and oxygen atoms in total. The summed E-state index contributed by atoms with van der Waals surface area (Å²) in [5, 5.41) is 11.6. The number of thioether (sulfide) groups is 1. The van der Waals surface area contributed by atoms with Gasteiger partial charge in [0.05, 0.1) is 5.75 Å². The normalized spacial score (nSPS) is 10.7. The van der Waals surface area contributed by atoms with Gasteiger partial charge in [-0.15, -0.1) is 10.2 Å². The van der Waals surface area contributed by atoms with Crippen LogP contribution in [0.2, 0.25) is 0 Å². The molecule has 3 N–H and O–H groups in total. The Labute approximate surface area is 156 Å². The fourth-order valence-electron chi connectivity index (χ4n) is 2.58. The summed E-state index contributed by atoms with van der Waals surface area (Å²) in [6.45, 7) is 4.05. The van der Waals surface area contributed by atoms with Gasteiger partial charge in [-0.05, 0) is 36.6 Å². The monoisotopic (exact) mass is 368 g/mol. The van der Waals surface area contributed by atoms with Crippen molar-refractivity contribution >= 4 is 23.4 Å². The lowest BCUT2D eigenvalue weighted by Gasteiger charge is -2.12. The molecule has 0 radical (unpaired) electrons. The third-order valence-electron chi connectivity index (χ3n) is 3.94. The van der Waals surface area contributed by atoms with E-state index in [0.29, 0.717) is 11.0 Å². The molecule has 0 spiro atoms. The van der Waals surface area contributed by atoms with Gasteiger partial charge < -0.3 is 11.2 Å². The number of nitrogens with two attached hydrogens (primary N) is 1. The van der Waals surface area contributed by atoms with Crippen molar-refractivity contribution in [1.29, 1.82) is 0 Å². The lowest BCUT2D eigenvalue weighted by Crippen LogP contribution is -2.17. The van der Waals surface area contributed by atoms with Gasteiger partial charge in [0.15, 0.2) is 5.82 Å². The molecule has 134 valence electrons. The quantitative estimate of drug-likeness (QED) is 0.513. The molecular formula is C18H20N6OS. The molecule has 0 aliphatic heterocycles. The van der Waals surface area contributed by atoms with Crippen LogP contribution in [0.4, 0.5) is 5.69 Å². The first kappa shape index (κ1) is 17.9. The van der Waals surface area contributed by atoms with Gasteiger partial charge in [-0.1, -0.05) is 36.9 Å². The number of para-hydroxylation sites is 1. The Morgan fingerprint density at radius 2 is 2.00 bits per heavy atom. The van der Waals surface area contributed by atoms with Crippen LogP contribution in [0.3, 0.4) is 0 Å². The second kappa shape index (κ2) is 8.01. The number of hydrogen-bond acceptors (Lipinski definition) is 6. The van der Waals surface area contributed by atoms with Gasteiger partial charge in [0.2, 0.25) is 11.1 Å². The molecule has 0 aliphatic carbocycles. The number of hydrogen-bond donors (Lipinski definition) is 2. The number of rotatable bonds is 6. The fourth-order valence-corrected chi connectivity index (χ4v) is 3.24. The van der Waals surface area contributed by atoms with Gasteiger partial charge in [0, 0.05) is 23.6 Å². The van der Waals surface area contributed by atoms with E-state index in [9.17, 15) is 4.79 Å². The number of aromatic nitrogens is 4. The first-order valence-electron chi connectivity index (χ1n) is 8.22. The van der Waals surface area contributed by atoms with Crippen LogP contribution >= 0.6 is 11.8 Å². The minimum Gasteiger partial charge on any atom is -0.335 e. The van der Waals surface area contributed by atoms with Crippen LogP contribution < -0.4 is 11.2 Å². The number of amides is 1. The van der Waals surface area contributed by atoms with Gasteiger partial charge in [-0.3, -0.25) is 9.78 Å². The van der Waals surface area contributed by atoms with Crippen LogP contribution in [0.15, 0.2) is 47.9 Å². The maximum Gasteiger partial charge on any atom is 0.234 e. The van der Waals surface area contributed by atoms with Crippen molar-refractivity contribution in [2.24, 2.45) is 0 Å². The Morgan fingerprint density at radius 3 is 2.73 bits per heavy atom. The highest BCUT2D eigenvalue weighted by molar-refractivity contribution is 7.99. The SMILES string of the molecule is CCc1cccc(C)c1NC(=O)CSc1nnc(-c2ccncc2)n1N. The molecule has 8 heteroatoms. The van der Waals surface area contributed by atoms with Crippen LogP contribution in [-0.2, 0) is 11.2 Å². The number of nitrogens with one attached hydrogen (secondary N) is 1. The van der Waals surface area contributed by atoms with Crippen LogP contribution in [0.5, 0.6) is 0 Å². The molecule has 0 saturated heterocycles. The summed E-state index contributed by atoms with van der Waals surface area (Å²) in [5.41, 5.74) is 3.86. The molecule has 2 heterocycles. The van der Waals surface area contributed by atoms with Crippen LogP contribution in [0.25, 0.3) is 11.4 Å². The van der Waals surface area contributed by atoms with E-state index in [1.54, 1.807) is 24.5 Å². The van der Waals surface area contributed by atoms with E-state index < -0.39 is 0 Å². The van der Waals surface area contributed by atoms with Crippen molar-refractivity contribution in [2.75, 3.05) is 16.9 Å². The molecule has 26 heavy (non-hydrogen) atoms. The average molecular weight is 368 g/mol. The number of carbonyl (C=O) groups is 1. The predicted molar refractivity (Wildman–Crippen MR) is 103 cm³/mol. The lowest BCUT2D eigenvalue weighted by atomic mass is 10.1. The van der Waals surface area contributed by atoms with Crippen molar-refractivity contribution < 1.29 is 4.79 Å². The zero-order valence-corrected chi connectivity index (χ0v) is 15.5. The van der Waals surface area contributed by atoms with Crippen molar-refractivity contribution in [3.63, 3.8) is 0 Å². The summed E-state index contributed by atoms with van der Waals surface area (Å²) >= 11 is 1.25. The summed E-state index contributed by atoms with van der Waals surface area (Å²) in [5.74, 6) is 6.69. The Bertz CT molecular complexity index is 909. The van der Waals surface area contributed by atoms with E-state index in [-0.39, 0.29) is 11.7 Å². The highest BCUT2D eigenvalue weighted by Gasteiger charge is 2.14. The molecular weight excluding hydrogens is 348 g/mol. The number of benzene rings is 1. The summed E-state index contributed by atoms with van der Waals surface area (Å²) in [6, 6.07) is 9.61. The van der Waals surface area contributed by atoms with Crippen molar-refractivity contribution in [3.8, 4) is 11.4 Å². The van der Waals surface area contributed by atoms with Gasteiger partial charge in [-0.2, -0.15) is 0 Å². The smallest absolute Gasteiger partial charge is 0.234 e. The fraction of sp³-hybridized carbons (Fsp3) is 0.222. The Hall–Kier alpha value is -2.87. The minimum atomic E-state index is -0.104. The highest BCUT2D eigenvalue weighted by Crippen LogP contribution is 2.23. The maximum atomic E-state index is 12.4. The predicted octanol–water partition coefficient (Wildman–Crippen LogP) is 2.66. The molecule has 1 amide bonds. The summed E-state index contributed by atoms with van der Waals surface area (Å²) in [7, 11) is 0. The zero-order valence-electron chi connectivity index (χ0n) is 14.6. The first-order valence-corrected chi connectivity index (χ1v) is 9.20. The third-order valence-corrected chi connectivity index (χ3v) is 4.88. The number of nitrogen functional groups attached to an aromatic ring is 1. The van der Waals surface area contributed by atoms with Crippen molar-refractivity contribution in [3.05, 3.63) is 53.9 Å².